The summed E-state index contributed by atoms with van der Waals surface area (Å²) in [7, 11) is 1.59. The van der Waals surface area contributed by atoms with Crippen LogP contribution in [0.15, 0.2) is 36.5 Å². The Balaban J connectivity index is 2.23. The molecular formula is C14H11ClFN3O. The van der Waals surface area contributed by atoms with Gasteiger partial charge in [0.05, 0.1) is 29.7 Å². The number of fused-ring (bicyclic) bond motifs is 1. The molecule has 0 bridgehead atoms. The Hall–Kier alpha value is -1.98. The van der Waals surface area contributed by atoms with Gasteiger partial charge in [-0.1, -0.05) is 11.6 Å². The normalized spacial score (nSPS) is 11.2. The lowest BCUT2D eigenvalue weighted by atomic mass is 10.2. The molecule has 4 nitrogen and oxygen atoms in total. The third-order valence-corrected chi connectivity index (χ3v) is 3.13. The smallest absolute Gasteiger partial charge is 0.130 e. The van der Waals surface area contributed by atoms with Crippen LogP contribution in [0, 0.1) is 5.82 Å². The fourth-order valence-electron chi connectivity index (χ4n) is 2.11. The minimum absolute atomic E-state index is 0.288. The van der Waals surface area contributed by atoms with E-state index in [1.54, 1.807) is 36.2 Å². The first-order chi connectivity index (χ1) is 9.69. The molecule has 0 fully saturated rings. The van der Waals surface area contributed by atoms with Crippen LogP contribution in [0.2, 0.25) is 5.15 Å². The van der Waals surface area contributed by atoms with E-state index in [0.717, 1.165) is 16.6 Å². The molecule has 3 rings (SSSR count). The van der Waals surface area contributed by atoms with Gasteiger partial charge in [-0.2, -0.15) is 5.10 Å². The zero-order valence-electron chi connectivity index (χ0n) is 10.7. The van der Waals surface area contributed by atoms with Crippen molar-refractivity contribution in [1.29, 1.82) is 0 Å². The molecule has 2 aromatic heterocycles. The molecule has 0 spiro atoms. The van der Waals surface area contributed by atoms with Crippen molar-refractivity contribution in [1.82, 2.24) is 14.8 Å². The molecule has 0 aliphatic rings. The summed E-state index contributed by atoms with van der Waals surface area (Å²) in [6.45, 7) is 0.323. The van der Waals surface area contributed by atoms with Gasteiger partial charge in [-0.05, 0) is 30.3 Å². The topological polar surface area (TPSA) is 39.9 Å². The number of aromatic nitrogens is 3. The van der Waals surface area contributed by atoms with E-state index >= 15 is 0 Å². The maximum atomic E-state index is 13.0. The molecule has 0 N–H and O–H groups in total. The highest BCUT2D eigenvalue weighted by Gasteiger charge is 2.12. The largest absolute Gasteiger partial charge is 0.378 e. The molecule has 0 aliphatic heterocycles. The van der Waals surface area contributed by atoms with E-state index in [2.05, 4.69) is 10.1 Å². The number of methoxy groups -OCH3 is 1. The molecule has 0 saturated carbocycles. The number of ether oxygens (including phenoxy) is 1. The molecular weight excluding hydrogens is 281 g/mol. The molecule has 6 heteroatoms. The molecule has 3 aromatic rings. The third kappa shape index (κ3) is 2.26. The van der Waals surface area contributed by atoms with Gasteiger partial charge in [0, 0.05) is 12.5 Å². The molecule has 2 heterocycles. The summed E-state index contributed by atoms with van der Waals surface area (Å²) in [4.78, 5) is 4.27. The van der Waals surface area contributed by atoms with Crippen LogP contribution in [-0.4, -0.2) is 21.9 Å². The molecule has 0 atom stereocenters. The van der Waals surface area contributed by atoms with E-state index in [4.69, 9.17) is 16.3 Å². The molecule has 0 amide bonds. The maximum absolute atomic E-state index is 13.0. The predicted octanol–water partition coefficient (Wildman–Crippen LogP) is 3.36. The Morgan fingerprint density at radius 1 is 1.30 bits per heavy atom. The van der Waals surface area contributed by atoms with Crippen molar-refractivity contribution in [2.24, 2.45) is 0 Å². The second-order valence-corrected chi connectivity index (χ2v) is 4.68. The average molecular weight is 292 g/mol. The molecule has 0 aliphatic carbocycles. The van der Waals surface area contributed by atoms with Crippen LogP contribution in [0.4, 0.5) is 4.39 Å². The Bertz CT molecular complexity index is 755. The van der Waals surface area contributed by atoms with Gasteiger partial charge in [0.25, 0.3) is 0 Å². The first kappa shape index (κ1) is 13.0. The van der Waals surface area contributed by atoms with Crippen LogP contribution in [0.25, 0.3) is 16.6 Å². The Kier molecular flexibility index (Phi) is 3.38. The molecule has 20 heavy (non-hydrogen) atoms. The summed E-state index contributed by atoms with van der Waals surface area (Å²) in [6.07, 6.45) is 1.70. The molecule has 102 valence electrons. The van der Waals surface area contributed by atoms with Crippen LogP contribution in [0.3, 0.4) is 0 Å². The number of hydrogen-bond donors (Lipinski definition) is 0. The molecule has 0 unspecified atom stereocenters. The Morgan fingerprint density at radius 3 is 2.75 bits per heavy atom. The summed E-state index contributed by atoms with van der Waals surface area (Å²) < 4.78 is 19.9. The van der Waals surface area contributed by atoms with Gasteiger partial charge < -0.3 is 4.74 Å². The van der Waals surface area contributed by atoms with E-state index in [0.29, 0.717) is 17.5 Å². The Labute approximate surface area is 119 Å². The lowest BCUT2D eigenvalue weighted by Crippen LogP contribution is -2.02. The van der Waals surface area contributed by atoms with Gasteiger partial charge in [0.2, 0.25) is 0 Å². The van der Waals surface area contributed by atoms with E-state index in [9.17, 15) is 4.39 Å². The van der Waals surface area contributed by atoms with Gasteiger partial charge in [-0.15, -0.1) is 0 Å². The van der Waals surface area contributed by atoms with Crippen molar-refractivity contribution in [3.63, 3.8) is 0 Å². The highest BCUT2D eigenvalue weighted by molar-refractivity contribution is 6.30. The predicted molar refractivity (Wildman–Crippen MR) is 74.5 cm³/mol. The van der Waals surface area contributed by atoms with Crippen LogP contribution in [0.1, 0.15) is 5.69 Å². The third-order valence-electron chi connectivity index (χ3n) is 2.94. The maximum Gasteiger partial charge on any atom is 0.130 e. The number of rotatable bonds is 3. The monoisotopic (exact) mass is 291 g/mol. The minimum Gasteiger partial charge on any atom is -0.378 e. The summed E-state index contributed by atoms with van der Waals surface area (Å²) >= 11 is 5.98. The zero-order valence-corrected chi connectivity index (χ0v) is 11.4. The van der Waals surface area contributed by atoms with Crippen molar-refractivity contribution in [3.05, 3.63) is 53.2 Å². The highest BCUT2D eigenvalue weighted by atomic mass is 35.5. The SMILES string of the molecule is COCc1nc(Cl)cc2cnn(-c3ccc(F)cc3)c12. The first-order valence-corrected chi connectivity index (χ1v) is 6.35. The molecule has 0 radical (unpaired) electrons. The number of pyridine rings is 1. The summed E-state index contributed by atoms with van der Waals surface area (Å²) in [5.41, 5.74) is 2.25. The van der Waals surface area contributed by atoms with Crippen molar-refractivity contribution >= 4 is 22.5 Å². The van der Waals surface area contributed by atoms with Crippen molar-refractivity contribution < 1.29 is 9.13 Å². The van der Waals surface area contributed by atoms with Crippen LogP contribution in [-0.2, 0) is 11.3 Å². The summed E-state index contributed by atoms with van der Waals surface area (Å²) in [6, 6.07) is 7.84. The quantitative estimate of drug-likeness (QED) is 0.695. The van der Waals surface area contributed by atoms with E-state index < -0.39 is 0 Å². The molecule has 0 saturated heterocycles. The number of benzene rings is 1. The van der Waals surface area contributed by atoms with E-state index in [1.165, 1.54) is 12.1 Å². The standard InChI is InChI=1S/C14H11ClFN3O/c1-20-8-12-14-9(6-13(15)18-12)7-17-19(14)11-4-2-10(16)3-5-11/h2-7H,8H2,1H3. The molecule has 1 aromatic carbocycles. The van der Waals surface area contributed by atoms with Gasteiger partial charge in [-0.3, -0.25) is 0 Å². The van der Waals surface area contributed by atoms with Gasteiger partial charge >= 0.3 is 0 Å². The van der Waals surface area contributed by atoms with Crippen molar-refractivity contribution in [2.75, 3.05) is 7.11 Å². The highest BCUT2D eigenvalue weighted by Crippen LogP contribution is 2.24. The van der Waals surface area contributed by atoms with E-state index in [1.807, 2.05) is 0 Å². The summed E-state index contributed by atoms with van der Waals surface area (Å²) in [5.74, 6) is -0.288. The fraction of sp³-hybridized carbons (Fsp3) is 0.143. The van der Waals surface area contributed by atoms with Gasteiger partial charge in [0.15, 0.2) is 0 Å². The van der Waals surface area contributed by atoms with Gasteiger partial charge in [-0.25, -0.2) is 14.1 Å². The second-order valence-electron chi connectivity index (χ2n) is 4.30. The first-order valence-electron chi connectivity index (χ1n) is 5.97. The van der Waals surface area contributed by atoms with Crippen LogP contribution < -0.4 is 0 Å². The zero-order chi connectivity index (χ0) is 14.1. The van der Waals surface area contributed by atoms with Crippen LogP contribution >= 0.6 is 11.6 Å². The lowest BCUT2D eigenvalue weighted by molar-refractivity contribution is 0.182. The van der Waals surface area contributed by atoms with Crippen molar-refractivity contribution in [2.45, 2.75) is 6.61 Å². The minimum atomic E-state index is -0.288. The van der Waals surface area contributed by atoms with Crippen LogP contribution in [0.5, 0.6) is 0 Å². The Morgan fingerprint density at radius 2 is 2.05 bits per heavy atom. The number of hydrogen-bond acceptors (Lipinski definition) is 3. The number of halogens is 2. The average Bonchev–Trinajstić information content (AvgIpc) is 2.83. The lowest BCUT2D eigenvalue weighted by Gasteiger charge is -2.07. The van der Waals surface area contributed by atoms with Crippen molar-refractivity contribution in [3.8, 4) is 5.69 Å². The second kappa shape index (κ2) is 5.19. The summed E-state index contributed by atoms with van der Waals surface area (Å²) in [5, 5.41) is 5.57. The van der Waals surface area contributed by atoms with Gasteiger partial charge in [0.1, 0.15) is 11.0 Å². The van der Waals surface area contributed by atoms with E-state index in [-0.39, 0.29) is 5.82 Å². The number of nitrogens with zero attached hydrogens (tertiary/aromatic N) is 3. The fourth-order valence-corrected chi connectivity index (χ4v) is 2.33.